The molecular weight excluding hydrogens is 288 g/mol. The lowest BCUT2D eigenvalue weighted by Gasteiger charge is -2.27. The topological polar surface area (TPSA) is 20.2 Å². The molecule has 0 aliphatic heterocycles. The second kappa shape index (κ2) is 5.24. The number of hydrogen-bond donors (Lipinski definition) is 1. The van der Waals surface area contributed by atoms with Gasteiger partial charge in [0.1, 0.15) is 5.75 Å². The van der Waals surface area contributed by atoms with Crippen LogP contribution in [0, 0.1) is 0 Å². The van der Waals surface area contributed by atoms with Gasteiger partial charge in [0.05, 0.1) is 0 Å². The van der Waals surface area contributed by atoms with Crippen LogP contribution in [0.2, 0.25) is 0 Å². The molecule has 0 aliphatic rings. The third-order valence-corrected chi connectivity index (χ3v) is 3.62. The lowest BCUT2D eigenvalue weighted by atomic mass is 9.78. The number of phenolic OH excluding ortho intramolecular Hbond substituents is 1. The van der Waals surface area contributed by atoms with Gasteiger partial charge in [0.2, 0.25) is 0 Å². The Balaban J connectivity index is 3.47. The Morgan fingerprint density at radius 3 is 1.94 bits per heavy atom. The van der Waals surface area contributed by atoms with Crippen molar-refractivity contribution in [3.63, 3.8) is 0 Å². The van der Waals surface area contributed by atoms with E-state index in [4.69, 9.17) is 0 Å². The van der Waals surface area contributed by atoms with Crippen molar-refractivity contribution in [3.05, 3.63) is 28.8 Å². The average Bonchev–Trinajstić information content (AvgIpc) is 2.17. The van der Waals surface area contributed by atoms with Crippen LogP contribution in [0.5, 0.6) is 5.75 Å². The minimum absolute atomic E-state index is 0.0353. The summed E-state index contributed by atoms with van der Waals surface area (Å²) >= 11 is 3.46. The maximum atomic E-state index is 10.4. The average molecular weight is 313 g/mol. The zero-order valence-corrected chi connectivity index (χ0v) is 14.0. The molecule has 0 bridgehead atoms. The van der Waals surface area contributed by atoms with Crippen LogP contribution in [-0.2, 0) is 17.3 Å². The highest BCUT2D eigenvalue weighted by atomic mass is 79.9. The van der Waals surface area contributed by atoms with E-state index in [0.29, 0.717) is 5.75 Å². The summed E-state index contributed by atoms with van der Waals surface area (Å²) < 4.78 is 0. The number of aromatic hydroxyl groups is 1. The van der Waals surface area contributed by atoms with Gasteiger partial charge in [-0.1, -0.05) is 69.6 Å². The number of alkyl halides is 1. The first-order valence-corrected chi connectivity index (χ1v) is 7.62. The molecule has 1 aromatic rings. The van der Waals surface area contributed by atoms with Gasteiger partial charge in [0.15, 0.2) is 0 Å². The van der Waals surface area contributed by atoms with Crippen LogP contribution >= 0.6 is 15.9 Å². The van der Waals surface area contributed by atoms with Crippen molar-refractivity contribution in [3.8, 4) is 5.75 Å². The normalized spacial score (nSPS) is 12.8. The number of rotatable bonds is 2. The van der Waals surface area contributed by atoms with Gasteiger partial charge in [-0.3, -0.25) is 0 Å². The molecule has 1 rings (SSSR count). The van der Waals surface area contributed by atoms with Gasteiger partial charge >= 0.3 is 0 Å². The van der Waals surface area contributed by atoms with Gasteiger partial charge in [-0.25, -0.2) is 0 Å². The minimum atomic E-state index is -0.0353. The molecule has 0 atom stereocenters. The zero-order chi connectivity index (χ0) is 14.1. The lowest BCUT2D eigenvalue weighted by Crippen LogP contribution is -2.17. The quantitative estimate of drug-likeness (QED) is 0.768. The fraction of sp³-hybridized carbons (Fsp3) is 0.625. The molecule has 1 aromatic carbocycles. The maximum Gasteiger partial charge on any atom is 0.122 e. The van der Waals surface area contributed by atoms with Crippen LogP contribution in [0.15, 0.2) is 12.1 Å². The summed E-state index contributed by atoms with van der Waals surface area (Å²) in [7, 11) is 0. The molecule has 1 nitrogen and oxygen atoms in total. The van der Waals surface area contributed by atoms with Crippen molar-refractivity contribution < 1.29 is 5.11 Å². The highest BCUT2D eigenvalue weighted by Crippen LogP contribution is 2.37. The van der Waals surface area contributed by atoms with Crippen molar-refractivity contribution in [1.82, 2.24) is 0 Å². The van der Waals surface area contributed by atoms with E-state index in [1.54, 1.807) is 0 Å². The Morgan fingerprint density at radius 2 is 1.56 bits per heavy atom. The molecule has 2 heteroatoms. The fourth-order valence-electron chi connectivity index (χ4n) is 1.99. The second-order valence-electron chi connectivity index (χ2n) is 6.97. The third kappa shape index (κ3) is 3.50. The first-order chi connectivity index (χ1) is 8.07. The van der Waals surface area contributed by atoms with Crippen LogP contribution in [0.3, 0.4) is 0 Å². The number of aryl methyl sites for hydroxylation is 1. The molecule has 0 aromatic heterocycles. The van der Waals surface area contributed by atoms with E-state index in [2.05, 4.69) is 69.6 Å². The molecule has 0 saturated carbocycles. The molecule has 0 fully saturated rings. The summed E-state index contributed by atoms with van der Waals surface area (Å²) in [5, 5.41) is 11.3. The van der Waals surface area contributed by atoms with Gasteiger partial charge in [-0.05, 0) is 33.9 Å². The lowest BCUT2D eigenvalue weighted by molar-refractivity contribution is 0.439. The predicted octanol–water partition coefficient (Wildman–Crippen LogP) is 4.92. The molecular formula is C16H25BrO. The highest BCUT2D eigenvalue weighted by Gasteiger charge is 2.24. The zero-order valence-electron chi connectivity index (χ0n) is 12.4. The van der Waals surface area contributed by atoms with Crippen molar-refractivity contribution in [2.45, 2.75) is 58.8 Å². The first-order valence-electron chi connectivity index (χ1n) is 6.50. The third-order valence-electron chi connectivity index (χ3n) is 3.23. The smallest absolute Gasteiger partial charge is 0.122 e. The Hall–Kier alpha value is -0.500. The first kappa shape index (κ1) is 15.6. The number of benzene rings is 1. The van der Waals surface area contributed by atoms with Crippen LogP contribution in [0.25, 0.3) is 0 Å². The highest BCUT2D eigenvalue weighted by molar-refractivity contribution is 9.09. The molecule has 0 unspecified atom stereocenters. The second-order valence-corrected chi connectivity index (χ2v) is 7.76. The van der Waals surface area contributed by atoms with Crippen molar-refractivity contribution in [2.24, 2.45) is 0 Å². The van der Waals surface area contributed by atoms with E-state index in [9.17, 15) is 5.11 Å². The molecule has 0 heterocycles. The number of halogens is 1. The van der Waals surface area contributed by atoms with E-state index >= 15 is 0 Å². The van der Waals surface area contributed by atoms with Gasteiger partial charge in [0.25, 0.3) is 0 Å². The number of hydrogen-bond acceptors (Lipinski definition) is 1. The summed E-state index contributed by atoms with van der Waals surface area (Å²) in [4.78, 5) is 0. The Kier molecular flexibility index (Phi) is 4.53. The molecule has 0 spiro atoms. The molecule has 0 aliphatic carbocycles. The van der Waals surface area contributed by atoms with Crippen LogP contribution < -0.4 is 0 Å². The molecule has 1 N–H and O–H groups in total. The minimum Gasteiger partial charge on any atom is -0.507 e. The Bertz CT molecular complexity index is 422. The van der Waals surface area contributed by atoms with Crippen LogP contribution in [0.4, 0.5) is 0 Å². The molecule has 0 radical (unpaired) electrons. The standard InChI is InChI=1S/C16H25BrO/c1-15(2,3)12-9-11(7-8-17)14(18)13(10-12)16(4,5)6/h9-10,18H,7-8H2,1-6H3. The number of phenols is 1. The fourth-order valence-corrected chi connectivity index (χ4v) is 2.42. The summed E-state index contributed by atoms with van der Waals surface area (Å²) in [6.07, 6.45) is 0.860. The Labute approximate surface area is 120 Å². The van der Waals surface area contributed by atoms with Gasteiger partial charge < -0.3 is 5.11 Å². The van der Waals surface area contributed by atoms with Gasteiger partial charge in [-0.15, -0.1) is 0 Å². The SMILES string of the molecule is CC(C)(C)c1cc(CCBr)c(O)c(C(C)(C)C)c1. The van der Waals surface area contributed by atoms with Crippen LogP contribution in [0.1, 0.15) is 58.2 Å². The largest absolute Gasteiger partial charge is 0.507 e. The monoisotopic (exact) mass is 312 g/mol. The van der Waals surface area contributed by atoms with E-state index in [1.807, 2.05) is 0 Å². The van der Waals surface area contributed by atoms with Gasteiger partial charge in [0, 0.05) is 5.33 Å². The van der Waals surface area contributed by atoms with Crippen LogP contribution in [-0.4, -0.2) is 10.4 Å². The summed E-state index contributed by atoms with van der Waals surface area (Å²) in [5.41, 5.74) is 3.46. The van der Waals surface area contributed by atoms with E-state index in [1.165, 1.54) is 5.56 Å². The van der Waals surface area contributed by atoms with Crippen molar-refractivity contribution in [1.29, 1.82) is 0 Å². The van der Waals surface area contributed by atoms with Gasteiger partial charge in [-0.2, -0.15) is 0 Å². The Morgan fingerprint density at radius 1 is 1.00 bits per heavy atom. The molecule has 18 heavy (non-hydrogen) atoms. The van der Waals surface area contributed by atoms with Crippen molar-refractivity contribution >= 4 is 15.9 Å². The maximum absolute atomic E-state index is 10.4. The molecule has 102 valence electrons. The summed E-state index contributed by atoms with van der Waals surface area (Å²) in [5.74, 6) is 0.468. The van der Waals surface area contributed by atoms with E-state index < -0.39 is 0 Å². The molecule has 0 saturated heterocycles. The van der Waals surface area contributed by atoms with Crippen molar-refractivity contribution in [2.75, 3.05) is 5.33 Å². The predicted molar refractivity (Wildman–Crippen MR) is 83.0 cm³/mol. The van der Waals surface area contributed by atoms with E-state index in [-0.39, 0.29) is 10.8 Å². The summed E-state index contributed by atoms with van der Waals surface area (Å²) in [6, 6.07) is 4.30. The summed E-state index contributed by atoms with van der Waals surface area (Å²) in [6.45, 7) is 13.1. The molecule has 0 amide bonds. The van der Waals surface area contributed by atoms with E-state index in [0.717, 1.165) is 22.9 Å².